The standard InChI is InChI=1S/C21H31IN4O5/c1-14(29-18-8-6-7-11-28-18)19-23-9-10-26(19)16(15-12-17(22)31-24-15)13-25(5)20(27)30-21(2,3)4/h9-10,12,14,16,18H,6-8,11,13H2,1-5H3/t14-,16+,18?/m0/s1. The van der Waals surface area contributed by atoms with Crippen molar-refractivity contribution in [3.8, 4) is 0 Å². The Balaban J connectivity index is 1.82. The third-order valence-electron chi connectivity index (χ3n) is 4.88. The van der Waals surface area contributed by atoms with Crippen LogP contribution in [0, 0.1) is 3.77 Å². The molecular weight excluding hydrogens is 515 g/mol. The lowest BCUT2D eigenvalue weighted by Gasteiger charge is -2.29. The number of imidazole rings is 1. The Morgan fingerprint density at radius 2 is 2.19 bits per heavy atom. The van der Waals surface area contributed by atoms with Crippen molar-refractivity contribution >= 4 is 28.7 Å². The van der Waals surface area contributed by atoms with Gasteiger partial charge in [0, 0.05) is 54.7 Å². The number of likely N-dealkylation sites (N-methyl/N-ethyl adjacent to an activating group) is 1. The van der Waals surface area contributed by atoms with Crippen molar-refractivity contribution in [3.63, 3.8) is 0 Å². The molecule has 3 atom stereocenters. The van der Waals surface area contributed by atoms with Gasteiger partial charge in [-0.3, -0.25) is 0 Å². The fraction of sp³-hybridized carbons (Fsp3) is 0.667. The summed E-state index contributed by atoms with van der Waals surface area (Å²) in [5.41, 5.74) is 0.118. The Hall–Kier alpha value is -1.66. The summed E-state index contributed by atoms with van der Waals surface area (Å²) < 4.78 is 25.3. The highest BCUT2D eigenvalue weighted by molar-refractivity contribution is 14.1. The molecule has 0 saturated carbocycles. The van der Waals surface area contributed by atoms with Crippen LogP contribution in [0.2, 0.25) is 0 Å². The molecule has 0 aliphatic carbocycles. The molecule has 0 spiro atoms. The highest BCUT2D eigenvalue weighted by atomic mass is 127. The lowest BCUT2D eigenvalue weighted by Crippen LogP contribution is -2.38. The molecule has 31 heavy (non-hydrogen) atoms. The predicted molar refractivity (Wildman–Crippen MR) is 122 cm³/mol. The molecule has 1 unspecified atom stereocenters. The minimum Gasteiger partial charge on any atom is -0.444 e. The molecule has 10 heteroatoms. The van der Waals surface area contributed by atoms with Crippen LogP contribution in [-0.2, 0) is 14.2 Å². The van der Waals surface area contributed by atoms with E-state index in [2.05, 4.69) is 32.7 Å². The number of rotatable bonds is 7. The predicted octanol–water partition coefficient (Wildman–Crippen LogP) is 4.54. The molecule has 9 nitrogen and oxygen atoms in total. The lowest BCUT2D eigenvalue weighted by molar-refractivity contribution is -0.188. The number of amides is 1. The van der Waals surface area contributed by atoms with Gasteiger partial charge in [-0.1, -0.05) is 5.16 Å². The van der Waals surface area contributed by atoms with E-state index in [0.29, 0.717) is 22.6 Å². The second-order valence-corrected chi connectivity index (χ2v) is 9.76. The van der Waals surface area contributed by atoms with E-state index in [1.165, 1.54) is 4.90 Å². The van der Waals surface area contributed by atoms with Crippen molar-refractivity contribution in [2.45, 2.75) is 71.0 Å². The number of aromatic nitrogens is 3. The van der Waals surface area contributed by atoms with E-state index in [0.717, 1.165) is 25.1 Å². The first kappa shape index (κ1) is 24.0. The number of ether oxygens (including phenoxy) is 3. The number of hydrogen-bond donors (Lipinski definition) is 0. The third kappa shape index (κ3) is 6.66. The Bertz CT molecular complexity index is 856. The first-order valence-electron chi connectivity index (χ1n) is 10.5. The summed E-state index contributed by atoms with van der Waals surface area (Å²) in [7, 11) is 1.71. The van der Waals surface area contributed by atoms with Gasteiger partial charge in [-0.2, -0.15) is 0 Å². The highest BCUT2D eigenvalue weighted by Gasteiger charge is 2.29. The van der Waals surface area contributed by atoms with E-state index in [9.17, 15) is 4.79 Å². The molecule has 172 valence electrons. The van der Waals surface area contributed by atoms with Gasteiger partial charge < -0.3 is 28.2 Å². The molecule has 3 heterocycles. The van der Waals surface area contributed by atoms with E-state index in [1.807, 2.05) is 44.5 Å². The second kappa shape index (κ2) is 10.3. The van der Waals surface area contributed by atoms with E-state index in [1.54, 1.807) is 13.2 Å². The number of carbonyl (C=O) groups excluding carboxylic acids is 1. The monoisotopic (exact) mass is 546 g/mol. The van der Waals surface area contributed by atoms with Gasteiger partial charge >= 0.3 is 6.09 Å². The Morgan fingerprint density at radius 3 is 2.81 bits per heavy atom. The molecule has 1 saturated heterocycles. The summed E-state index contributed by atoms with van der Waals surface area (Å²) in [5.74, 6) is 0.731. The zero-order chi connectivity index (χ0) is 22.6. The summed E-state index contributed by atoms with van der Waals surface area (Å²) in [4.78, 5) is 18.6. The molecule has 1 amide bonds. The fourth-order valence-corrected chi connectivity index (χ4v) is 3.85. The third-order valence-corrected chi connectivity index (χ3v) is 5.39. The average molecular weight is 546 g/mol. The average Bonchev–Trinajstić information content (AvgIpc) is 3.34. The normalized spacial score (nSPS) is 19.1. The SMILES string of the molecule is C[C@H](OC1CCCCO1)c1nccn1[C@H](CN(C)C(=O)OC(C)(C)C)c1cc(I)on1. The number of hydrogen-bond acceptors (Lipinski definition) is 7. The summed E-state index contributed by atoms with van der Waals surface area (Å²) in [5, 5.41) is 4.20. The molecule has 1 aliphatic heterocycles. The van der Waals surface area contributed by atoms with Gasteiger partial charge in [0.25, 0.3) is 0 Å². The first-order chi connectivity index (χ1) is 14.6. The van der Waals surface area contributed by atoms with Crippen molar-refractivity contribution < 1.29 is 23.5 Å². The molecule has 0 bridgehead atoms. The lowest BCUT2D eigenvalue weighted by atomic mass is 10.1. The minimum absolute atomic E-state index is 0.232. The summed E-state index contributed by atoms with van der Waals surface area (Å²) in [6.45, 7) is 8.53. The maximum Gasteiger partial charge on any atom is 0.410 e. The Kier molecular flexibility index (Phi) is 7.98. The summed E-state index contributed by atoms with van der Waals surface area (Å²) >= 11 is 2.07. The quantitative estimate of drug-likeness (QED) is 0.471. The summed E-state index contributed by atoms with van der Waals surface area (Å²) in [6.07, 6.45) is 5.69. The maximum atomic E-state index is 12.6. The van der Waals surface area contributed by atoms with Crippen molar-refractivity contribution in [1.29, 1.82) is 0 Å². The zero-order valence-corrected chi connectivity index (χ0v) is 20.9. The van der Waals surface area contributed by atoms with Crippen LogP contribution in [0.4, 0.5) is 4.79 Å². The van der Waals surface area contributed by atoms with Crippen LogP contribution in [0.15, 0.2) is 23.0 Å². The van der Waals surface area contributed by atoms with E-state index < -0.39 is 11.7 Å². The fourth-order valence-electron chi connectivity index (χ4n) is 3.43. The number of nitrogens with zero attached hydrogens (tertiary/aromatic N) is 4. The van der Waals surface area contributed by atoms with Crippen molar-refractivity contribution in [2.75, 3.05) is 20.2 Å². The Labute approximate surface area is 196 Å². The van der Waals surface area contributed by atoms with Gasteiger partial charge in [-0.15, -0.1) is 0 Å². The van der Waals surface area contributed by atoms with Crippen LogP contribution in [0.1, 0.15) is 70.6 Å². The molecule has 1 aliphatic rings. The molecule has 0 radical (unpaired) electrons. The minimum atomic E-state index is -0.577. The van der Waals surface area contributed by atoms with Gasteiger partial charge in [0.1, 0.15) is 23.2 Å². The Morgan fingerprint density at radius 1 is 1.42 bits per heavy atom. The van der Waals surface area contributed by atoms with Crippen LogP contribution >= 0.6 is 22.6 Å². The van der Waals surface area contributed by atoms with Crippen molar-refractivity contribution in [1.82, 2.24) is 19.6 Å². The van der Waals surface area contributed by atoms with Gasteiger partial charge in [0.2, 0.25) is 0 Å². The van der Waals surface area contributed by atoms with Crippen LogP contribution in [0.25, 0.3) is 0 Å². The largest absolute Gasteiger partial charge is 0.444 e. The first-order valence-corrected chi connectivity index (χ1v) is 11.6. The number of carbonyl (C=O) groups is 1. The van der Waals surface area contributed by atoms with Gasteiger partial charge in [0.15, 0.2) is 10.1 Å². The molecule has 2 aromatic heterocycles. The molecule has 0 N–H and O–H groups in total. The second-order valence-electron chi connectivity index (χ2n) is 8.70. The molecule has 0 aromatic carbocycles. The smallest absolute Gasteiger partial charge is 0.410 e. The molecular formula is C21H31IN4O5. The van der Waals surface area contributed by atoms with Crippen LogP contribution in [0.5, 0.6) is 0 Å². The van der Waals surface area contributed by atoms with E-state index >= 15 is 0 Å². The van der Waals surface area contributed by atoms with Crippen LogP contribution in [-0.4, -0.2) is 57.8 Å². The summed E-state index contributed by atoms with van der Waals surface area (Å²) in [6, 6.07) is 1.54. The van der Waals surface area contributed by atoms with Crippen molar-refractivity contribution in [3.05, 3.63) is 33.7 Å². The van der Waals surface area contributed by atoms with Gasteiger partial charge in [-0.25, -0.2) is 9.78 Å². The maximum absolute atomic E-state index is 12.6. The molecule has 1 fully saturated rings. The molecule has 3 rings (SSSR count). The van der Waals surface area contributed by atoms with Crippen LogP contribution < -0.4 is 0 Å². The van der Waals surface area contributed by atoms with Gasteiger partial charge in [0.05, 0.1) is 12.6 Å². The van der Waals surface area contributed by atoms with Crippen LogP contribution in [0.3, 0.4) is 0 Å². The van der Waals surface area contributed by atoms with Crippen molar-refractivity contribution in [2.24, 2.45) is 0 Å². The topological polar surface area (TPSA) is 91.9 Å². The van der Waals surface area contributed by atoms with E-state index in [-0.39, 0.29) is 18.4 Å². The van der Waals surface area contributed by atoms with E-state index in [4.69, 9.17) is 18.7 Å². The molecule has 2 aromatic rings. The zero-order valence-electron chi connectivity index (χ0n) is 18.7. The van der Waals surface area contributed by atoms with Gasteiger partial charge in [-0.05, 0) is 47.0 Å². The highest BCUT2D eigenvalue weighted by Crippen LogP contribution is 2.28. The number of halogens is 1.